The first-order chi connectivity index (χ1) is 9.16. The second-order valence-electron chi connectivity index (χ2n) is 3.98. The summed E-state index contributed by atoms with van der Waals surface area (Å²) in [7, 11) is 0. The summed E-state index contributed by atoms with van der Waals surface area (Å²) in [4.78, 5) is 19.4. The summed E-state index contributed by atoms with van der Waals surface area (Å²) in [5.41, 5.74) is 7.09. The van der Waals surface area contributed by atoms with E-state index in [9.17, 15) is 9.90 Å². The van der Waals surface area contributed by atoms with E-state index in [1.165, 1.54) is 18.6 Å². The van der Waals surface area contributed by atoms with Crippen molar-refractivity contribution in [3.05, 3.63) is 54.1 Å². The number of rotatable bonds is 4. The topological polar surface area (TPSA) is 101 Å². The number of hydrogen-bond donors (Lipinski definition) is 3. The number of nitrogens with one attached hydrogen (secondary N) is 1. The fraction of sp³-hybridized carbons (Fsp3) is 0.154. The summed E-state index contributed by atoms with van der Waals surface area (Å²) in [6, 6.07) is 6.83. The van der Waals surface area contributed by atoms with Crippen molar-refractivity contribution < 1.29 is 9.90 Å². The number of aliphatic hydroxyl groups is 1. The molecule has 0 saturated carbocycles. The number of nitrogens with zero attached hydrogens (tertiary/aromatic N) is 2. The van der Waals surface area contributed by atoms with Crippen molar-refractivity contribution in [2.24, 2.45) is 0 Å². The highest BCUT2D eigenvalue weighted by molar-refractivity contribution is 5.91. The monoisotopic (exact) mass is 258 g/mol. The number of aliphatic hydroxyl groups excluding tert-OH is 1. The average molecular weight is 258 g/mol. The first-order valence-corrected chi connectivity index (χ1v) is 5.74. The van der Waals surface area contributed by atoms with Crippen molar-refractivity contribution in [2.45, 2.75) is 6.10 Å². The lowest BCUT2D eigenvalue weighted by molar-refractivity contribution is 0.0911. The Morgan fingerprint density at radius 3 is 2.68 bits per heavy atom. The van der Waals surface area contributed by atoms with Gasteiger partial charge in [-0.15, -0.1) is 0 Å². The van der Waals surface area contributed by atoms with Crippen LogP contribution < -0.4 is 11.1 Å². The minimum atomic E-state index is -0.791. The third-order valence-electron chi connectivity index (χ3n) is 2.57. The molecule has 2 aromatic rings. The summed E-state index contributed by atoms with van der Waals surface area (Å²) in [5, 5.41) is 12.5. The Kier molecular flexibility index (Phi) is 4.04. The number of benzene rings is 1. The molecule has 1 unspecified atom stereocenters. The molecule has 19 heavy (non-hydrogen) atoms. The van der Waals surface area contributed by atoms with Gasteiger partial charge in [-0.25, -0.2) is 4.98 Å². The Bertz CT molecular complexity index is 542. The van der Waals surface area contributed by atoms with Crippen LogP contribution in [0, 0.1) is 0 Å². The standard InChI is InChI=1S/C13H14N4O2/c14-10-3-1-9(2-4-10)12(18)8-17-13(19)11-7-15-5-6-16-11/h1-7,12,18H,8,14H2,(H,17,19). The molecule has 0 spiro atoms. The third kappa shape index (κ3) is 3.49. The van der Waals surface area contributed by atoms with Crippen molar-refractivity contribution in [2.75, 3.05) is 12.3 Å². The lowest BCUT2D eigenvalue weighted by Crippen LogP contribution is -2.29. The number of nitrogen functional groups attached to an aromatic ring is 1. The molecule has 98 valence electrons. The number of hydrogen-bond acceptors (Lipinski definition) is 5. The van der Waals surface area contributed by atoms with Gasteiger partial charge >= 0.3 is 0 Å². The van der Waals surface area contributed by atoms with Crippen LogP contribution in [0.3, 0.4) is 0 Å². The molecule has 1 aromatic heterocycles. The van der Waals surface area contributed by atoms with Crippen molar-refractivity contribution >= 4 is 11.6 Å². The molecule has 1 atom stereocenters. The molecule has 6 heteroatoms. The van der Waals surface area contributed by atoms with E-state index in [0.29, 0.717) is 11.3 Å². The van der Waals surface area contributed by atoms with Crippen LogP contribution >= 0.6 is 0 Å². The zero-order chi connectivity index (χ0) is 13.7. The molecule has 4 N–H and O–H groups in total. The number of anilines is 1. The van der Waals surface area contributed by atoms with Crippen LogP contribution in [0.1, 0.15) is 22.2 Å². The molecule has 6 nitrogen and oxygen atoms in total. The van der Waals surface area contributed by atoms with Gasteiger partial charge in [0.25, 0.3) is 5.91 Å². The Morgan fingerprint density at radius 2 is 2.05 bits per heavy atom. The highest BCUT2D eigenvalue weighted by Crippen LogP contribution is 2.13. The van der Waals surface area contributed by atoms with E-state index in [1.807, 2.05) is 0 Å². The van der Waals surface area contributed by atoms with Gasteiger partial charge in [0, 0.05) is 24.6 Å². The molecule has 2 rings (SSSR count). The van der Waals surface area contributed by atoms with E-state index in [0.717, 1.165) is 0 Å². The number of aromatic nitrogens is 2. The van der Waals surface area contributed by atoms with Gasteiger partial charge in [0.1, 0.15) is 5.69 Å². The smallest absolute Gasteiger partial charge is 0.271 e. The molecule has 0 bridgehead atoms. The van der Waals surface area contributed by atoms with Gasteiger partial charge in [-0.1, -0.05) is 12.1 Å². The first kappa shape index (κ1) is 13.0. The Balaban J connectivity index is 1.92. The molecule has 1 amide bonds. The lowest BCUT2D eigenvalue weighted by Gasteiger charge is -2.12. The van der Waals surface area contributed by atoms with E-state index >= 15 is 0 Å². The molecule has 1 heterocycles. The summed E-state index contributed by atoms with van der Waals surface area (Å²) < 4.78 is 0. The molecule has 0 aliphatic heterocycles. The molecule has 0 saturated heterocycles. The Labute approximate surface area is 110 Å². The van der Waals surface area contributed by atoms with E-state index in [4.69, 9.17) is 5.73 Å². The summed E-state index contributed by atoms with van der Waals surface area (Å²) in [5.74, 6) is -0.373. The molecular weight excluding hydrogens is 244 g/mol. The normalized spacial score (nSPS) is 11.8. The zero-order valence-electron chi connectivity index (χ0n) is 10.2. The maximum Gasteiger partial charge on any atom is 0.271 e. The van der Waals surface area contributed by atoms with Gasteiger partial charge < -0.3 is 16.2 Å². The van der Waals surface area contributed by atoms with Crippen LogP contribution in [-0.4, -0.2) is 27.5 Å². The van der Waals surface area contributed by atoms with Crippen molar-refractivity contribution in [1.82, 2.24) is 15.3 Å². The number of amides is 1. The van der Waals surface area contributed by atoms with Gasteiger partial charge in [-0.05, 0) is 17.7 Å². The summed E-state index contributed by atoms with van der Waals surface area (Å²) in [6.07, 6.45) is 3.50. The second-order valence-corrected chi connectivity index (χ2v) is 3.98. The van der Waals surface area contributed by atoms with Gasteiger partial charge in [-0.2, -0.15) is 0 Å². The minimum absolute atomic E-state index is 0.0966. The fourth-order valence-electron chi connectivity index (χ4n) is 1.53. The highest BCUT2D eigenvalue weighted by Gasteiger charge is 2.11. The largest absolute Gasteiger partial charge is 0.399 e. The fourth-order valence-corrected chi connectivity index (χ4v) is 1.53. The number of carbonyl (C=O) groups is 1. The van der Waals surface area contributed by atoms with E-state index in [2.05, 4.69) is 15.3 Å². The van der Waals surface area contributed by atoms with Gasteiger partial charge in [0.15, 0.2) is 0 Å². The quantitative estimate of drug-likeness (QED) is 0.694. The SMILES string of the molecule is Nc1ccc(C(O)CNC(=O)c2cnccn2)cc1. The van der Waals surface area contributed by atoms with Crippen molar-refractivity contribution in [3.8, 4) is 0 Å². The number of carbonyl (C=O) groups excluding carboxylic acids is 1. The maximum absolute atomic E-state index is 11.7. The van der Waals surface area contributed by atoms with Gasteiger partial charge in [0.2, 0.25) is 0 Å². The highest BCUT2D eigenvalue weighted by atomic mass is 16.3. The predicted molar refractivity (Wildman–Crippen MR) is 70.2 cm³/mol. The first-order valence-electron chi connectivity index (χ1n) is 5.74. The molecule has 0 aliphatic rings. The predicted octanol–water partition coefficient (Wildman–Crippen LogP) is 0.522. The molecule has 0 radical (unpaired) electrons. The maximum atomic E-state index is 11.7. The number of nitrogens with two attached hydrogens (primary N) is 1. The Hall–Kier alpha value is -2.47. The minimum Gasteiger partial charge on any atom is -0.399 e. The third-order valence-corrected chi connectivity index (χ3v) is 2.57. The zero-order valence-corrected chi connectivity index (χ0v) is 10.2. The van der Waals surface area contributed by atoms with Crippen molar-refractivity contribution in [3.63, 3.8) is 0 Å². The summed E-state index contributed by atoms with van der Waals surface area (Å²) >= 11 is 0. The van der Waals surface area contributed by atoms with Crippen LogP contribution in [0.5, 0.6) is 0 Å². The van der Waals surface area contributed by atoms with Crippen LogP contribution in [0.2, 0.25) is 0 Å². The van der Waals surface area contributed by atoms with E-state index in [-0.39, 0.29) is 18.1 Å². The van der Waals surface area contributed by atoms with E-state index in [1.54, 1.807) is 24.3 Å². The van der Waals surface area contributed by atoms with E-state index < -0.39 is 6.10 Å². The lowest BCUT2D eigenvalue weighted by atomic mass is 10.1. The molecule has 0 fully saturated rings. The molecular formula is C13H14N4O2. The van der Waals surface area contributed by atoms with Crippen LogP contribution in [-0.2, 0) is 0 Å². The van der Waals surface area contributed by atoms with Crippen LogP contribution in [0.4, 0.5) is 5.69 Å². The van der Waals surface area contributed by atoms with Crippen molar-refractivity contribution in [1.29, 1.82) is 0 Å². The van der Waals surface area contributed by atoms with Gasteiger partial charge in [0.05, 0.1) is 12.3 Å². The van der Waals surface area contributed by atoms with Crippen LogP contribution in [0.25, 0.3) is 0 Å². The second kappa shape index (κ2) is 5.92. The van der Waals surface area contributed by atoms with Crippen LogP contribution in [0.15, 0.2) is 42.9 Å². The Morgan fingerprint density at radius 1 is 1.32 bits per heavy atom. The molecule has 1 aromatic carbocycles. The van der Waals surface area contributed by atoms with Gasteiger partial charge in [-0.3, -0.25) is 9.78 Å². The average Bonchev–Trinajstić information content (AvgIpc) is 2.46. The summed E-state index contributed by atoms with van der Waals surface area (Å²) in [6.45, 7) is 0.0966. The molecule has 0 aliphatic carbocycles.